The van der Waals surface area contributed by atoms with Crippen molar-refractivity contribution in [2.75, 3.05) is 12.4 Å². The molecule has 0 atom stereocenters. The standard InChI is InChI=1S/C14H22BrNO3S/c1-3-14(4-2,11-20(16,17)18)10-19-9-12-5-7-13(15)8-6-12/h5-8H,3-4,9-11H2,1-2H3,(H2,16,17,18). The fourth-order valence-electron chi connectivity index (χ4n) is 2.09. The lowest BCUT2D eigenvalue weighted by Gasteiger charge is -2.30. The zero-order chi connectivity index (χ0) is 15.2. The number of nitrogens with two attached hydrogens (primary N) is 1. The van der Waals surface area contributed by atoms with Gasteiger partial charge in [0.05, 0.1) is 19.0 Å². The second kappa shape index (κ2) is 7.54. The molecule has 20 heavy (non-hydrogen) atoms. The van der Waals surface area contributed by atoms with Crippen molar-refractivity contribution < 1.29 is 13.2 Å². The molecule has 6 heteroatoms. The van der Waals surface area contributed by atoms with Gasteiger partial charge < -0.3 is 4.74 Å². The smallest absolute Gasteiger partial charge is 0.209 e. The van der Waals surface area contributed by atoms with Crippen molar-refractivity contribution in [1.29, 1.82) is 0 Å². The number of rotatable bonds is 8. The lowest BCUT2D eigenvalue weighted by Crippen LogP contribution is -2.36. The van der Waals surface area contributed by atoms with Gasteiger partial charge in [0.15, 0.2) is 0 Å². The van der Waals surface area contributed by atoms with Crippen molar-refractivity contribution in [2.24, 2.45) is 10.6 Å². The first kappa shape index (κ1) is 17.6. The van der Waals surface area contributed by atoms with Crippen LogP contribution in [0.2, 0.25) is 0 Å². The van der Waals surface area contributed by atoms with Crippen LogP contribution in [-0.4, -0.2) is 20.8 Å². The zero-order valence-corrected chi connectivity index (χ0v) is 14.3. The van der Waals surface area contributed by atoms with Gasteiger partial charge in [-0.1, -0.05) is 41.9 Å². The second-order valence-corrected chi connectivity index (χ2v) is 7.66. The Kier molecular flexibility index (Phi) is 6.64. The number of ether oxygens (including phenoxy) is 1. The van der Waals surface area contributed by atoms with E-state index in [9.17, 15) is 8.42 Å². The van der Waals surface area contributed by atoms with E-state index in [-0.39, 0.29) is 5.75 Å². The van der Waals surface area contributed by atoms with Crippen LogP contribution in [0.3, 0.4) is 0 Å². The van der Waals surface area contributed by atoms with E-state index in [0.29, 0.717) is 13.2 Å². The third-order valence-corrected chi connectivity index (χ3v) is 5.14. The van der Waals surface area contributed by atoms with E-state index in [1.165, 1.54) is 0 Å². The number of halogens is 1. The molecule has 114 valence electrons. The summed E-state index contributed by atoms with van der Waals surface area (Å²) in [6, 6.07) is 7.86. The second-order valence-electron chi connectivity index (χ2n) is 5.13. The topological polar surface area (TPSA) is 69.4 Å². The van der Waals surface area contributed by atoms with Gasteiger partial charge in [0, 0.05) is 9.89 Å². The van der Waals surface area contributed by atoms with Crippen molar-refractivity contribution >= 4 is 26.0 Å². The van der Waals surface area contributed by atoms with Crippen LogP contribution in [0.4, 0.5) is 0 Å². The first-order valence-electron chi connectivity index (χ1n) is 6.63. The van der Waals surface area contributed by atoms with E-state index in [2.05, 4.69) is 15.9 Å². The van der Waals surface area contributed by atoms with Gasteiger partial charge in [-0.2, -0.15) is 0 Å². The molecule has 0 radical (unpaired) electrons. The summed E-state index contributed by atoms with van der Waals surface area (Å²) in [4.78, 5) is 0. The van der Waals surface area contributed by atoms with E-state index < -0.39 is 15.4 Å². The third-order valence-electron chi connectivity index (χ3n) is 3.60. The molecule has 4 nitrogen and oxygen atoms in total. The van der Waals surface area contributed by atoms with E-state index in [0.717, 1.165) is 22.9 Å². The molecule has 0 aliphatic heterocycles. The SMILES string of the molecule is CCC(CC)(COCc1ccc(Br)cc1)CS(N)(=O)=O. The molecule has 0 spiro atoms. The van der Waals surface area contributed by atoms with Gasteiger partial charge in [0.1, 0.15) is 0 Å². The van der Waals surface area contributed by atoms with Gasteiger partial charge >= 0.3 is 0 Å². The van der Waals surface area contributed by atoms with Crippen LogP contribution >= 0.6 is 15.9 Å². The van der Waals surface area contributed by atoms with E-state index in [4.69, 9.17) is 9.88 Å². The Hall–Kier alpha value is -0.430. The summed E-state index contributed by atoms with van der Waals surface area (Å²) in [5.74, 6) is -0.0344. The highest BCUT2D eigenvalue weighted by Gasteiger charge is 2.31. The van der Waals surface area contributed by atoms with Crippen LogP contribution in [0, 0.1) is 5.41 Å². The Bertz CT molecular complexity index is 510. The summed E-state index contributed by atoms with van der Waals surface area (Å²) < 4.78 is 29.4. The molecule has 0 aromatic heterocycles. The summed E-state index contributed by atoms with van der Waals surface area (Å²) in [6.45, 7) is 4.81. The Morgan fingerprint density at radius 3 is 2.20 bits per heavy atom. The lowest BCUT2D eigenvalue weighted by atomic mass is 9.85. The van der Waals surface area contributed by atoms with Crippen molar-refractivity contribution in [3.05, 3.63) is 34.3 Å². The monoisotopic (exact) mass is 363 g/mol. The summed E-state index contributed by atoms with van der Waals surface area (Å²) >= 11 is 3.38. The molecule has 0 aliphatic carbocycles. The quantitative estimate of drug-likeness (QED) is 0.771. The molecule has 0 fully saturated rings. The molecule has 1 aromatic rings. The lowest BCUT2D eigenvalue weighted by molar-refractivity contribution is 0.0397. The Balaban J connectivity index is 2.61. The Morgan fingerprint density at radius 2 is 1.75 bits per heavy atom. The van der Waals surface area contributed by atoms with E-state index >= 15 is 0 Å². The van der Waals surface area contributed by atoms with Crippen LogP contribution in [0.25, 0.3) is 0 Å². The average Bonchev–Trinajstić information content (AvgIpc) is 2.38. The van der Waals surface area contributed by atoms with Gasteiger partial charge in [0.25, 0.3) is 0 Å². The molecule has 0 unspecified atom stereocenters. The summed E-state index contributed by atoms with van der Waals surface area (Å²) in [5.41, 5.74) is 0.660. The third kappa shape index (κ3) is 5.91. The van der Waals surface area contributed by atoms with Crippen molar-refractivity contribution in [1.82, 2.24) is 0 Å². The van der Waals surface area contributed by atoms with E-state index in [1.807, 2.05) is 38.1 Å². The Labute approximate surface area is 129 Å². The molecule has 0 bridgehead atoms. The molecular formula is C14H22BrNO3S. The summed E-state index contributed by atoms with van der Waals surface area (Å²) in [6.07, 6.45) is 1.44. The number of hydrogen-bond acceptors (Lipinski definition) is 3. The van der Waals surface area contributed by atoms with Gasteiger partial charge in [0.2, 0.25) is 10.0 Å². The molecule has 1 rings (SSSR count). The van der Waals surface area contributed by atoms with Gasteiger partial charge in [-0.25, -0.2) is 13.6 Å². The van der Waals surface area contributed by atoms with Crippen molar-refractivity contribution in [3.8, 4) is 0 Å². The van der Waals surface area contributed by atoms with Crippen LogP contribution in [0.15, 0.2) is 28.7 Å². The summed E-state index contributed by atoms with van der Waals surface area (Å²) in [7, 11) is -3.49. The normalized spacial score (nSPS) is 12.6. The fourth-order valence-corrected chi connectivity index (χ4v) is 3.70. The molecule has 0 saturated carbocycles. The van der Waals surface area contributed by atoms with E-state index in [1.54, 1.807) is 0 Å². The van der Waals surface area contributed by atoms with Crippen LogP contribution < -0.4 is 5.14 Å². The molecular weight excluding hydrogens is 342 g/mol. The average molecular weight is 364 g/mol. The maximum Gasteiger partial charge on any atom is 0.209 e. The van der Waals surface area contributed by atoms with Crippen LogP contribution in [0.1, 0.15) is 32.3 Å². The molecule has 0 aliphatic rings. The Morgan fingerprint density at radius 1 is 1.20 bits per heavy atom. The van der Waals surface area contributed by atoms with Crippen molar-refractivity contribution in [2.45, 2.75) is 33.3 Å². The maximum absolute atomic E-state index is 11.4. The predicted octanol–water partition coefficient (Wildman–Crippen LogP) is 3.06. The predicted molar refractivity (Wildman–Crippen MR) is 84.8 cm³/mol. The fraction of sp³-hybridized carbons (Fsp3) is 0.571. The van der Waals surface area contributed by atoms with Gasteiger partial charge in [-0.3, -0.25) is 0 Å². The van der Waals surface area contributed by atoms with Crippen molar-refractivity contribution in [3.63, 3.8) is 0 Å². The molecule has 1 aromatic carbocycles. The first-order chi connectivity index (χ1) is 9.30. The first-order valence-corrected chi connectivity index (χ1v) is 9.14. The summed E-state index contributed by atoms with van der Waals surface area (Å²) in [5, 5.41) is 5.18. The minimum absolute atomic E-state index is 0.0344. The maximum atomic E-state index is 11.4. The minimum atomic E-state index is -3.49. The molecule has 0 saturated heterocycles. The molecule has 2 N–H and O–H groups in total. The number of benzene rings is 1. The largest absolute Gasteiger partial charge is 0.376 e. The highest BCUT2D eigenvalue weighted by atomic mass is 79.9. The highest BCUT2D eigenvalue weighted by molar-refractivity contribution is 9.10. The molecule has 0 amide bonds. The van der Waals surface area contributed by atoms with Gasteiger partial charge in [-0.15, -0.1) is 0 Å². The zero-order valence-electron chi connectivity index (χ0n) is 11.9. The number of primary sulfonamides is 1. The molecule has 0 heterocycles. The number of sulfonamides is 1. The van der Waals surface area contributed by atoms with Gasteiger partial charge in [-0.05, 0) is 30.5 Å². The highest BCUT2D eigenvalue weighted by Crippen LogP contribution is 2.28. The van der Waals surface area contributed by atoms with Crippen LogP contribution in [-0.2, 0) is 21.4 Å². The number of hydrogen-bond donors (Lipinski definition) is 1. The minimum Gasteiger partial charge on any atom is -0.376 e. The van der Waals surface area contributed by atoms with Crippen LogP contribution in [0.5, 0.6) is 0 Å².